The van der Waals surface area contributed by atoms with Gasteiger partial charge < -0.3 is 15.5 Å². The number of hydrogen-bond donors (Lipinski definition) is 4. The quantitative estimate of drug-likeness (QED) is 0.313. The lowest BCUT2D eigenvalue weighted by atomic mass is 9.83. The van der Waals surface area contributed by atoms with Gasteiger partial charge in [-0.15, -0.1) is 0 Å². The first-order valence-electron chi connectivity index (χ1n) is 11.3. The molecule has 0 radical (unpaired) electrons. The molecule has 0 aromatic rings. The Bertz CT molecular complexity index is 561. The topological polar surface area (TPSA) is 116 Å². The molecule has 1 rings (SSSR count). The Kier molecular flexibility index (Phi) is 12.3. The molecule has 0 heterocycles. The molecule has 0 aromatic heterocycles. The van der Waals surface area contributed by atoms with Crippen LogP contribution in [0.3, 0.4) is 0 Å². The first kappa shape index (κ1) is 26.3. The van der Waals surface area contributed by atoms with E-state index < -0.39 is 34.0 Å². The van der Waals surface area contributed by atoms with E-state index in [0.29, 0.717) is 37.6 Å². The second-order valence-corrected chi connectivity index (χ2v) is 10.8. The molecule has 3 atom stereocenters. The minimum Gasteiger partial charge on any atom is -0.389 e. The van der Waals surface area contributed by atoms with E-state index in [4.69, 9.17) is 0 Å². The number of sulfonamides is 1. The highest BCUT2D eigenvalue weighted by molar-refractivity contribution is 7.89. The highest BCUT2D eigenvalue weighted by Gasteiger charge is 2.33. The minimum absolute atomic E-state index is 0.158. The van der Waals surface area contributed by atoms with Gasteiger partial charge in [0.2, 0.25) is 15.9 Å². The summed E-state index contributed by atoms with van der Waals surface area (Å²) in [5, 5.41) is 24.0. The number of rotatable bonds is 14. The second-order valence-electron chi connectivity index (χ2n) is 8.93. The van der Waals surface area contributed by atoms with Crippen LogP contribution in [0.15, 0.2) is 0 Å². The predicted molar refractivity (Wildman–Crippen MR) is 116 cm³/mol. The Morgan fingerprint density at radius 1 is 1.14 bits per heavy atom. The van der Waals surface area contributed by atoms with Crippen LogP contribution < -0.4 is 10.0 Å². The van der Waals surface area contributed by atoms with Crippen molar-refractivity contribution >= 4 is 15.9 Å². The number of unbranched alkanes of at least 4 members (excludes halogenated alkanes) is 1. The van der Waals surface area contributed by atoms with Crippen LogP contribution in [0.2, 0.25) is 0 Å². The molecule has 1 saturated carbocycles. The van der Waals surface area contributed by atoms with Gasteiger partial charge in [0.1, 0.15) is 6.10 Å². The lowest BCUT2D eigenvalue weighted by Gasteiger charge is -2.32. The Morgan fingerprint density at radius 2 is 1.79 bits per heavy atom. The summed E-state index contributed by atoms with van der Waals surface area (Å²) in [6.07, 6.45) is 6.03. The van der Waals surface area contributed by atoms with Crippen molar-refractivity contribution in [1.29, 1.82) is 0 Å². The van der Waals surface area contributed by atoms with Gasteiger partial charge in [0.25, 0.3) is 0 Å². The number of hydrogen-bond acceptors (Lipinski definition) is 5. The van der Waals surface area contributed by atoms with Crippen molar-refractivity contribution in [2.75, 3.05) is 12.3 Å². The first-order valence-corrected chi connectivity index (χ1v) is 12.9. The van der Waals surface area contributed by atoms with Gasteiger partial charge in [0.15, 0.2) is 0 Å². The van der Waals surface area contributed by atoms with Crippen LogP contribution in [0.25, 0.3) is 0 Å². The fraction of sp³-hybridized carbons (Fsp3) is 0.952. The molecule has 29 heavy (non-hydrogen) atoms. The molecule has 0 spiro atoms. The summed E-state index contributed by atoms with van der Waals surface area (Å²) in [5.41, 5.74) is 0. The third kappa shape index (κ3) is 11.3. The molecule has 0 aromatic carbocycles. The lowest BCUT2D eigenvalue weighted by molar-refractivity contribution is -0.123. The Morgan fingerprint density at radius 3 is 2.38 bits per heavy atom. The zero-order valence-electron chi connectivity index (χ0n) is 18.4. The van der Waals surface area contributed by atoms with Gasteiger partial charge in [0, 0.05) is 13.0 Å². The van der Waals surface area contributed by atoms with Crippen LogP contribution in [0.1, 0.15) is 85.0 Å². The zero-order chi connectivity index (χ0) is 21.9. The number of aliphatic hydroxyl groups excluding tert-OH is 2. The standard InChI is InChI=1S/C21H42N2O5S/c1-4-5-13-22-29(27,28)15-19(24)21(26)18(14-17-9-7-6-8-10-17)23-20(25)12-11-16(2)3/h16-19,21-22,24,26H,4-15H2,1-3H3,(H,23,25). The summed E-state index contributed by atoms with van der Waals surface area (Å²) in [6.45, 7) is 6.37. The Hall–Kier alpha value is -0.700. The largest absolute Gasteiger partial charge is 0.389 e. The summed E-state index contributed by atoms with van der Waals surface area (Å²) < 4.78 is 26.8. The molecule has 1 aliphatic carbocycles. The van der Waals surface area contributed by atoms with Crippen LogP contribution >= 0.6 is 0 Å². The molecule has 3 unspecified atom stereocenters. The summed E-state index contributed by atoms with van der Waals surface area (Å²) in [5.74, 6) is 0.0448. The summed E-state index contributed by atoms with van der Waals surface area (Å²) in [6, 6.07) is -0.640. The maximum atomic E-state index is 12.4. The number of amides is 1. The monoisotopic (exact) mass is 434 g/mol. The average molecular weight is 435 g/mol. The summed E-state index contributed by atoms with van der Waals surface area (Å²) >= 11 is 0. The van der Waals surface area contributed by atoms with Gasteiger partial charge in [0.05, 0.1) is 17.9 Å². The molecule has 1 aliphatic rings. The van der Waals surface area contributed by atoms with Crippen molar-refractivity contribution in [1.82, 2.24) is 10.0 Å². The molecule has 0 saturated heterocycles. The van der Waals surface area contributed by atoms with E-state index in [1.807, 2.05) is 20.8 Å². The first-order chi connectivity index (χ1) is 13.6. The lowest BCUT2D eigenvalue weighted by Crippen LogP contribution is -2.52. The second kappa shape index (κ2) is 13.6. The molecule has 1 amide bonds. The molecular weight excluding hydrogens is 392 g/mol. The van der Waals surface area contributed by atoms with Crippen molar-refractivity contribution in [2.45, 2.75) is 103 Å². The van der Waals surface area contributed by atoms with Crippen LogP contribution in [-0.4, -0.2) is 55.1 Å². The van der Waals surface area contributed by atoms with E-state index in [-0.39, 0.29) is 5.91 Å². The Labute approximate surface area is 177 Å². The van der Waals surface area contributed by atoms with E-state index in [9.17, 15) is 23.4 Å². The summed E-state index contributed by atoms with van der Waals surface area (Å²) in [7, 11) is -3.69. The fourth-order valence-corrected chi connectivity index (χ4v) is 5.04. The maximum absolute atomic E-state index is 12.4. The zero-order valence-corrected chi connectivity index (χ0v) is 19.2. The Balaban J connectivity index is 2.73. The van der Waals surface area contributed by atoms with E-state index in [1.165, 1.54) is 6.42 Å². The van der Waals surface area contributed by atoms with E-state index >= 15 is 0 Å². The molecule has 8 heteroatoms. The van der Waals surface area contributed by atoms with Gasteiger partial charge in [-0.1, -0.05) is 59.3 Å². The van der Waals surface area contributed by atoms with Crippen molar-refractivity contribution in [3.05, 3.63) is 0 Å². The van der Waals surface area contributed by atoms with Gasteiger partial charge in [-0.2, -0.15) is 0 Å². The van der Waals surface area contributed by atoms with Gasteiger partial charge in [-0.05, 0) is 31.1 Å². The van der Waals surface area contributed by atoms with Crippen LogP contribution in [0.5, 0.6) is 0 Å². The molecule has 0 aliphatic heterocycles. The smallest absolute Gasteiger partial charge is 0.220 e. The summed E-state index contributed by atoms with van der Waals surface area (Å²) in [4.78, 5) is 12.4. The highest BCUT2D eigenvalue weighted by Crippen LogP contribution is 2.28. The maximum Gasteiger partial charge on any atom is 0.220 e. The normalized spacial score (nSPS) is 19.1. The third-order valence-electron chi connectivity index (χ3n) is 5.66. The predicted octanol–water partition coefficient (Wildman–Crippen LogP) is 2.32. The van der Waals surface area contributed by atoms with Gasteiger partial charge in [-0.25, -0.2) is 13.1 Å². The average Bonchev–Trinajstić information content (AvgIpc) is 2.65. The van der Waals surface area contributed by atoms with Crippen molar-refractivity contribution in [2.24, 2.45) is 11.8 Å². The van der Waals surface area contributed by atoms with E-state index in [0.717, 1.165) is 38.5 Å². The molecule has 172 valence electrons. The van der Waals surface area contributed by atoms with E-state index in [1.54, 1.807) is 0 Å². The third-order valence-corrected chi connectivity index (χ3v) is 7.08. The van der Waals surface area contributed by atoms with Crippen molar-refractivity contribution < 1.29 is 23.4 Å². The SMILES string of the molecule is CCCCNS(=O)(=O)CC(O)C(O)C(CC1CCCCC1)NC(=O)CCC(C)C. The molecular formula is C21H42N2O5S. The number of carbonyl (C=O) groups is 1. The highest BCUT2D eigenvalue weighted by atomic mass is 32.2. The molecule has 1 fully saturated rings. The van der Waals surface area contributed by atoms with Crippen molar-refractivity contribution in [3.8, 4) is 0 Å². The van der Waals surface area contributed by atoms with Crippen molar-refractivity contribution in [3.63, 3.8) is 0 Å². The fourth-order valence-electron chi connectivity index (χ4n) is 3.82. The molecule has 0 bridgehead atoms. The number of nitrogens with one attached hydrogen (secondary N) is 2. The van der Waals surface area contributed by atoms with E-state index in [2.05, 4.69) is 10.0 Å². The van der Waals surface area contributed by atoms with Crippen LogP contribution in [0.4, 0.5) is 0 Å². The minimum atomic E-state index is -3.69. The molecule has 4 N–H and O–H groups in total. The molecule has 7 nitrogen and oxygen atoms in total. The number of aliphatic hydroxyl groups is 2. The van der Waals surface area contributed by atoms with Gasteiger partial charge in [-0.3, -0.25) is 4.79 Å². The van der Waals surface area contributed by atoms with Crippen LogP contribution in [-0.2, 0) is 14.8 Å². The van der Waals surface area contributed by atoms with Gasteiger partial charge >= 0.3 is 0 Å². The van der Waals surface area contributed by atoms with Crippen LogP contribution in [0, 0.1) is 11.8 Å². The number of carbonyl (C=O) groups excluding carboxylic acids is 1.